The van der Waals surface area contributed by atoms with E-state index in [2.05, 4.69) is 25.6 Å². The van der Waals surface area contributed by atoms with Crippen LogP contribution in [0.1, 0.15) is 29.5 Å². The van der Waals surface area contributed by atoms with E-state index in [1.165, 1.54) is 6.20 Å². The van der Waals surface area contributed by atoms with Crippen molar-refractivity contribution >= 4 is 23.3 Å². The third-order valence-electron chi connectivity index (χ3n) is 2.88. The van der Waals surface area contributed by atoms with Crippen molar-refractivity contribution in [2.45, 2.75) is 19.8 Å². The molecule has 0 atom stereocenters. The van der Waals surface area contributed by atoms with Gasteiger partial charge in [-0.3, -0.25) is 4.79 Å². The summed E-state index contributed by atoms with van der Waals surface area (Å²) in [5, 5.41) is 6.31. The number of nitrogens with zero attached hydrogens (tertiary/aromatic N) is 2. The van der Waals surface area contributed by atoms with Gasteiger partial charge in [0.1, 0.15) is 11.6 Å². The number of carbonyl (C=O) groups excluding carboxylic acids is 1. The summed E-state index contributed by atoms with van der Waals surface area (Å²) in [6.45, 7) is 3.26. The van der Waals surface area contributed by atoms with E-state index in [9.17, 15) is 4.79 Å². The van der Waals surface area contributed by atoms with Gasteiger partial charge in [-0.05, 0) is 19.4 Å². The van der Waals surface area contributed by atoms with Crippen molar-refractivity contribution in [3.05, 3.63) is 41.1 Å². The summed E-state index contributed by atoms with van der Waals surface area (Å²) in [6, 6.07) is 1.62. The third-order valence-corrected chi connectivity index (χ3v) is 3.17. The minimum absolute atomic E-state index is 0.174. The van der Waals surface area contributed by atoms with Crippen molar-refractivity contribution in [3.63, 3.8) is 0 Å². The van der Waals surface area contributed by atoms with Crippen molar-refractivity contribution in [3.8, 4) is 0 Å². The Kier molecular flexibility index (Phi) is 5.57. The highest BCUT2D eigenvalue weighted by Gasteiger charge is 2.09. The summed E-state index contributed by atoms with van der Waals surface area (Å²) in [6.07, 6.45) is 6.63. The number of aromatic amines is 1. The number of carbonyl (C=O) groups is 1. The molecule has 0 unspecified atom stereocenters. The van der Waals surface area contributed by atoms with Crippen molar-refractivity contribution in [1.82, 2.24) is 20.3 Å². The SMILES string of the molecule is CCNc1ncc(C(=O)NCCCc2ncc[nH]2)cc1Cl. The summed E-state index contributed by atoms with van der Waals surface area (Å²) in [7, 11) is 0. The average Bonchev–Trinajstić information content (AvgIpc) is 2.99. The van der Waals surface area contributed by atoms with Gasteiger partial charge in [0, 0.05) is 38.1 Å². The molecule has 2 aromatic heterocycles. The number of H-pyrrole nitrogens is 1. The van der Waals surface area contributed by atoms with Crippen molar-refractivity contribution < 1.29 is 4.79 Å². The molecular formula is C14H18ClN5O. The topological polar surface area (TPSA) is 82.7 Å². The highest BCUT2D eigenvalue weighted by Crippen LogP contribution is 2.19. The molecule has 0 aliphatic carbocycles. The van der Waals surface area contributed by atoms with E-state index >= 15 is 0 Å². The zero-order valence-corrected chi connectivity index (χ0v) is 12.6. The Hall–Kier alpha value is -2.08. The van der Waals surface area contributed by atoms with Gasteiger partial charge in [0.15, 0.2) is 0 Å². The van der Waals surface area contributed by atoms with Crippen LogP contribution in [0, 0.1) is 0 Å². The highest BCUT2D eigenvalue weighted by molar-refractivity contribution is 6.33. The minimum Gasteiger partial charge on any atom is -0.369 e. The van der Waals surface area contributed by atoms with E-state index in [1.54, 1.807) is 18.5 Å². The van der Waals surface area contributed by atoms with Crippen molar-refractivity contribution in [2.24, 2.45) is 0 Å². The molecule has 0 aromatic carbocycles. The number of hydrogen-bond donors (Lipinski definition) is 3. The Morgan fingerprint density at radius 3 is 2.95 bits per heavy atom. The lowest BCUT2D eigenvalue weighted by molar-refractivity contribution is 0.0953. The van der Waals surface area contributed by atoms with Gasteiger partial charge in [0.2, 0.25) is 0 Å². The first-order valence-corrected chi connectivity index (χ1v) is 7.24. The van der Waals surface area contributed by atoms with Crippen LogP contribution in [-0.2, 0) is 6.42 Å². The van der Waals surface area contributed by atoms with E-state index in [0.29, 0.717) is 22.9 Å². The number of hydrogen-bond acceptors (Lipinski definition) is 4. The molecule has 2 rings (SSSR count). The maximum Gasteiger partial charge on any atom is 0.252 e. The zero-order valence-electron chi connectivity index (χ0n) is 11.8. The van der Waals surface area contributed by atoms with Crippen LogP contribution < -0.4 is 10.6 Å². The Balaban J connectivity index is 1.81. The summed E-state index contributed by atoms with van der Waals surface area (Å²) in [5.74, 6) is 1.34. The second-order valence-electron chi connectivity index (χ2n) is 4.48. The maximum absolute atomic E-state index is 12.0. The van der Waals surface area contributed by atoms with Crippen LogP contribution in [0.2, 0.25) is 5.02 Å². The predicted octanol–water partition coefficient (Wildman–Crippen LogP) is 2.25. The normalized spacial score (nSPS) is 10.4. The molecule has 0 radical (unpaired) electrons. The molecule has 2 heterocycles. The standard InChI is InChI=1S/C14H18ClN5O/c1-2-16-13-11(15)8-10(9-20-13)14(21)19-5-3-4-12-17-6-7-18-12/h6-9H,2-5H2,1H3,(H,16,20)(H,17,18)(H,19,21). The van der Waals surface area contributed by atoms with Gasteiger partial charge < -0.3 is 15.6 Å². The maximum atomic E-state index is 12.0. The quantitative estimate of drug-likeness (QED) is 0.685. The third kappa shape index (κ3) is 4.46. The van der Waals surface area contributed by atoms with Gasteiger partial charge in [-0.1, -0.05) is 11.6 Å². The van der Waals surface area contributed by atoms with Crippen LogP contribution in [-0.4, -0.2) is 33.9 Å². The smallest absolute Gasteiger partial charge is 0.252 e. The molecule has 0 saturated heterocycles. The molecular weight excluding hydrogens is 290 g/mol. The largest absolute Gasteiger partial charge is 0.369 e. The number of halogens is 1. The molecule has 6 nitrogen and oxygen atoms in total. The van der Waals surface area contributed by atoms with Gasteiger partial charge in [0.05, 0.1) is 10.6 Å². The van der Waals surface area contributed by atoms with Crippen molar-refractivity contribution in [2.75, 3.05) is 18.4 Å². The van der Waals surface area contributed by atoms with E-state index in [4.69, 9.17) is 11.6 Å². The van der Waals surface area contributed by atoms with Gasteiger partial charge in [0.25, 0.3) is 5.91 Å². The zero-order chi connectivity index (χ0) is 15.1. The van der Waals surface area contributed by atoms with E-state index < -0.39 is 0 Å². The van der Waals surface area contributed by atoms with Crippen LogP contribution in [0.3, 0.4) is 0 Å². The second-order valence-corrected chi connectivity index (χ2v) is 4.89. The predicted molar refractivity (Wildman–Crippen MR) is 82.7 cm³/mol. The minimum atomic E-state index is -0.174. The fourth-order valence-electron chi connectivity index (χ4n) is 1.85. The number of nitrogens with one attached hydrogen (secondary N) is 3. The Morgan fingerprint density at radius 2 is 2.29 bits per heavy atom. The fourth-order valence-corrected chi connectivity index (χ4v) is 2.09. The number of imidazole rings is 1. The van der Waals surface area contributed by atoms with Gasteiger partial charge >= 0.3 is 0 Å². The molecule has 21 heavy (non-hydrogen) atoms. The summed E-state index contributed by atoms with van der Waals surface area (Å²) in [5.41, 5.74) is 0.458. The summed E-state index contributed by atoms with van der Waals surface area (Å²) in [4.78, 5) is 23.3. The van der Waals surface area contributed by atoms with Crippen LogP contribution in [0.5, 0.6) is 0 Å². The van der Waals surface area contributed by atoms with E-state index in [-0.39, 0.29) is 5.91 Å². The first-order chi connectivity index (χ1) is 10.2. The van der Waals surface area contributed by atoms with Gasteiger partial charge in [-0.25, -0.2) is 9.97 Å². The molecule has 3 N–H and O–H groups in total. The molecule has 1 amide bonds. The Bertz CT molecular complexity index is 585. The average molecular weight is 308 g/mol. The van der Waals surface area contributed by atoms with E-state index in [0.717, 1.165) is 25.2 Å². The van der Waals surface area contributed by atoms with Gasteiger partial charge in [-0.15, -0.1) is 0 Å². The number of rotatable bonds is 7. The number of pyridine rings is 1. The first kappa shape index (κ1) is 15.3. The van der Waals surface area contributed by atoms with Crippen LogP contribution >= 0.6 is 11.6 Å². The number of amides is 1. The fraction of sp³-hybridized carbons (Fsp3) is 0.357. The van der Waals surface area contributed by atoms with Crippen LogP contribution in [0.15, 0.2) is 24.7 Å². The number of aryl methyl sites for hydroxylation is 1. The molecule has 2 aromatic rings. The number of anilines is 1. The van der Waals surface area contributed by atoms with Crippen molar-refractivity contribution in [1.29, 1.82) is 0 Å². The lowest BCUT2D eigenvalue weighted by Crippen LogP contribution is -2.25. The van der Waals surface area contributed by atoms with E-state index in [1.807, 2.05) is 6.92 Å². The molecule has 0 saturated carbocycles. The molecule has 0 aliphatic rings. The molecule has 112 valence electrons. The Labute approximate surface area is 128 Å². The summed E-state index contributed by atoms with van der Waals surface area (Å²) >= 11 is 6.06. The monoisotopic (exact) mass is 307 g/mol. The second kappa shape index (κ2) is 7.64. The molecule has 0 fully saturated rings. The number of aromatic nitrogens is 3. The van der Waals surface area contributed by atoms with Gasteiger partial charge in [-0.2, -0.15) is 0 Å². The Morgan fingerprint density at radius 1 is 1.43 bits per heavy atom. The van der Waals surface area contributed by atoms with Crippen LogP contribution in [0.4, 0.5) is 5.82 Å². The lowest BCUT2D eigenvalue weighted by atomic mass is 10.2. The van der Waals surface area contributed by atoms with Crippen LogP contribution in [0.25, 0.3) is 0 Å². The molecule has 0 aliphatic heterocycles. The first-order valence-electron chi connectivity index (χ1n) is 6.86. The summed E-state index contributed by atoms with van der Waals surface area (Å²) < 4.78 is 0. The lowest BCUT2D eigenvalue weighted by Gasteiger charge is -2.08. The molecule has 0 bridgehead atoms. The highest BCUT2D eigenvalue weighted by atomic mass is 35.5. The molecule has 7 heteroatoms. The molecule has 0 spiro atoms.